The first-order chi connectivity index (χ1) is 13.3. The Morgan fingerprint density at radius 3 is 2.71 bits per heavy atom. The van der Waals surface area contributed by atoms with Gasteiger partial charge < -0.3 is 14.7 Å². The van der Waals surface area contributed by atoms with Gasteiger partial charge in [-0.3, -0.25) is 0 Å². The van der Waals surface area contributed by atoms with Gasteiger partial charge in [0.05, 0.1) is 11.6 Å². The highest BCUT2D eigenvalue weighted by molar-refractivity contribution is 5.98. The normalized spacial score (nSPS) is 16.8. The van der Waals surface area contributed by atoms with Crippen LogP contribution in [0.25, 0.3) is 11.4 Å². The zero-order chi connectivity index (χ0) is 18.9. The zero-order valence-electron chi connectivity index (χ0n) is 16.8. The van der Waals surface area contributed by atoms with Crippen LogP contribution in [0.5, 0.6) is 0 Å². The molecule has 28 heavy (non-hydrogen) atoms. The van der Waals surface area contributed by atoms with Crippen molar-refractivity contribution in [2.45, 2.75) is 58.3 Å². The minimum atomic E-state index is 0. The van der Waals surface area contributed by atoms with Crippen molar-refractivity contribution in [1.29, 1.82) is 0 Å². The first-order valence-electron chi connectivity index (χ1n) is 10.1. The summed E-state index contributed by atoms with van der Waals surface area (Å²) in [7, 11) is 0. The largest absolute Gasteiger partial charge is 0.396 e. The van der Waals surface area contributed by atoms with Gasteiger partial charge in [-0.15, -0.1) is 12.4 Å². The first-order valence-corrected chi connectivity index (χ1v) is 10.1. The van der Waals surface area contributed by atoms with Crippen molar-refractivity contribution in [3.63, 3.8) is 0 Å². The Bertz CT molecular complexity index is 724. The van der Waals surface area contributed by atoms with Gasteiger partial charge in [-0.1, -0.05) is 60.8 Å². The fourth-order valence-corrected chi connectivity index (χ4v) is 3.21. The molecule has 3 rings (SSSR count). The minimum absolute atomic E-state index is 0. The Kier molecular flexibility index (Phi) is 9.44. The van der Waals surface area contributed by atoms with Gasteiger partial charge in [-0.05, 0) is 38.3 Å². The number of hydrogen-bond acceptors (Lipinski definition) is 6. The molecular formula is C21H31ClN4O2. The summed E-state index contributed by atoms with van der Waals surface area (Å²) < 4.78 is 5.44. The second-order valence-electron chi connectivity index (χ2n) is 7.15. The van der Waals surface area contributed by atoms with Gasteiger partial charge in [0.25, 0.3) is 0 Å². The Morgan fingerprint density at radius 2 is 2.00 bits per heavy atom. The average Bonchev–Trinajstić information content (AvgIpc) is 3.39. The van der Waals surface area contributed by atoms with Crippen LogP contribution in [0, 0.1) is 0 Å². The monoisotopic (exact) mass is 406 g/mol. The zero-order valence-corrected chi connectivity index (χ0v) is 17.6. The molecule has 1 N–H and O–H groups in total. The highest BCUT2D eigenvalue weighted by atomic mass is 35.5. The predicted molar refractivity (Wildman–Crippen MR) is 114 cm³/mol. The van der Waals surface area contributed by atoms with Gasteiger partial charge in [0, 0.05) is 12.1 Å². The smallest absolute Gasteiger partial charge is 0.231 e. The Morgan fingerprint density at radius 1 is 1.21 bits per heavy atom. The lowest BCUT2D eigenvalue weighted by Crippen LogP contribution is -2.08. The van der Waals surface area contributed by atoms with E-state index in [-0.39, 0.29) is 12.4 Å². The van der Waals surface area contributed by atoms with Crippen LogP contribution < -0.4 is 5.32 Å². The number of aromatic nitrogens is 2. The number of unbranched alkanes of at least 4 members (excludes halogenated alkanes) is 4. The second-order valence-corrected chi connectivity index (χ2v) is 7.15. The number of nitrogens with one attached hydrogen (secondary N) is 1. The fraction of sp³-hybridized carbons (Fsp3) is 0.571. The third kappa shape index (κ3) is 6.31. The number of rotatable bonds is 10. The van der Waals surface area contributed by atoms with Gasteiger partial charge in [0.1, 0.15) is 6.61 Å². The van der Waals surface area contributed by atoms with Crippen molar-refractivity contribution in [2.75, 3.05) is 19.7 Å². The van der Waals surface area contributed by atoms with Crippen molar-refractivity contribution in [1.82, 2.24) is 15.5 Å². The van der Waals surface area contributed by atoms with E-state index in [1.807, 2.05) is 31.2 Å². The Balaban J connectivity index is 0.00000280. The van der Waals surface area contributed by atoms with E-state index < -0.39 is 0 Å². The Labute approximate surface area is 173 Å². The van der Waals surface area contributed by atoms with E-state index in [9.17, 15) is 0 Å². The van der Waals surface area contributed by atoms with E-state index in [0.29, 0.717) is 18.3 Å². The summed E-state index contributed by atoms with van der Waals surface area (Å²) in [5, 5.41) is 11.7. The minimum Gasteiger partial charge on any atom is -0.396 e. The third-order valence-electron chi connectivity index (χ3n) is 4.95. The van der Waals surface area contributed by atoms with Gasteiger partial charge in [0.2, 0.25) is 11.7 Å². The van der Waals surface area contributed by atoms with Crippen molar-refractivity contribution in [3.8, 4) is 11.4 Å². The molecule has 1 saturated heterocycles. The summed E-state index contributed by atoms with van der Waals surface area (Å²) in [6.45, 7) is 6.79. The molecule has 154 valence electrons. The molecule has 2 heterocycles. The molecule has 1 aromatic heterocycles. The maximum absolute atomic E-state index is 5.45. The standard InChI is InChI=1S/C21H30N4O2.ClH/c1-3-4-5-6-7-14-26-24-16(2)17-8-10-18(11-9-17)20-23-21(27-25-20)19-12-13-22-15-19;/h8-11,19,22H,3-7,12-15H2,1-2H3;1H/t19-;/m1./s1. The molecule has 0 unspecified atom stereocenters. The molecule has 6 nitrogen and oxygen atoms in total. The summed E-state index contributed by atoms with van der Waals surface area (Å²) in [5.41, 5.74) is 2.86. The van der Waals surface area contributed by atoms with Crippen molar-refractivity contribution >= 4 is 18.1 Å². The van der Waals surface area contributed by atoms with Gasteiger partial charge >= 0.3 is 0 Å². The quantitative estimate of drug-likeness (QED) is 0.343. The summed E-state index contributed by atoms with van der Waals surface area (Å²) in [6.07, 6.45) is 7.16. The number of hydrogen-bond donors (Lipinski definition) is 1. The molecule has 1 aromatic carbocycles. The van der Waals surface area contributed by atoms with Gasteiger partial charge in [-0.25, -0.2) is 0 Å². The topological polar surface area (TPSA) is 72.5 Å². The molecule has 0 radical (unpaired) electrons. The van der Waals surface area contributed by atoms with E-state index in [1.54, 1.807) is 0 Å². The van der Waals surface area contributed by atoms with Crippen molar-refractivity contribution < 1.29 is 9.36 Å². The number of oxime groups is 1. The van der Waals surface area contributed by atoms with E-state index in [0.717, 1.165) is 48.7 Å². The molecule has 2 aromatic rings. The second kappa shape index (κ2) is 11.8. The lowest BCUT2D eigenvalue weighted by Gasteiger charge is -2.03. The SMILES string of the molecule is CCCCCCCON=C(C)c1ccc(-c2noc([C@@H]3CCNC3)n2)cc1.Cl. The molecule has 1 fully saturated rings. The maximum Gasteiger partial charge on any atom is 0.231 e. The van der Waals surface area contributed by atoms with E-state index in [4.69, 9.17) is 9.36 Å². The molecule has 7 heteroatoms. The van der Waals surface area contributed by atoms with E-state index >= 15 is 0 Å². The van der Waals surface area contributed by atoms with Crippen LogP contribution in [0.15, 0.2) is 33.9 Å². The summed E-state index contributed by atoms with van der Waals surface area (Å²) in [6, 6.07) is 8.04. The summed E-state index contributed by atoms with van der Waals surface area (Å²) in [4.78, 5) is 10.0. The van der Waals surface area contributed by atoms with Crippen LogP contribution in [0.4, 0.5) is 0 Å². The summed E-state index contributed by atoms with van der Waals surface area (Å²) >= 11 is 0. The van der Waals surface area contributed by atoms with Crippen molar-refractivity contribution in [2.24, 2.45) is 5.16 Å². The molecular weight excluding hydrogens is 376 g/mol. The number of nitrogens with zero attached hydrogens (tertiary/aromatic N) is 3. The van der Waals surface area contributed by atoms with Crippen LogP contribution >= 0.6 is 12.4 Å². The predicted octanol–water partition coefficient (Wildman–Crippen LogP) is 4.95. The van der Waals surface area contributed by atoms with Crippen molar-refractivity contribution in [3.05, 3.63) is 35.7 Å². The lowest BCUT2D eigenvalue weighted by molar-refractivity contribution is 0.139. The number of benzene rings is 1. The summed E-state index contributed by atoms with van der Waals surface area (Å²) in [5.74, 6) is 1.70. The number of halogens is 1. The van der Waals surface area contributed by atoms with Gasteiger partial charge in [-0.2, -0.15) is 4.98 Å². The molecule has 0 amide bonds. The molecule has 1 aliphatic rings. The molecule has 1 atom stereocenters. The molecule has 0 aliphatic carbocycles. The van der Waals surface area contributed by atoms with Crippen LogP contribution in [0.1, 0.15) is 69.7 Å². The first kappa shape index (κ1) is 22.4. The molecule has 0 spiro atoms. The average molecular weight is 407 g/mol. The van der Waals surface area contributed by atoms with Crippen LogP contribution in [-0.4, -0.2) is 35.5 Å². The van der Waals surface area contributed by atoms with Gasteiger partial charge in [0.15, 0.2) is 0 Å². The highest BCUT2D eigenvalue weighted by Crippen LogP contribution is 2.24. The Hall–Kier alpha value is -1.92. The molecule has 0 bridgehead atoms. The highest BCUT2D eigenvalue weighted by Gasteiger charge is 2.23. The maximum atomic E-state index is 5.45. The lowest BCUT2D eigenvalue weighted by atomic mass is 10.1. The fourth-order valence-electron chi connectivity index (χ4n) is 3.21. The van der Waals surface area contributed by atoms with E-state index in [2.05, 4.69) is 27.5 Å². The third-order valence-corrected chi connectivity index (χ3v) is 4.95. The molecule has 0 saturated carbocycles. The molecule has 1 aliphatic heterocycles. The van der Waals surface area contributed by atoms with Crippen LogP contribution in [0.3, 0.4) is 0 Å². The van der Waals surface area contributed by atoms with E-state index in [1.165, 1.54) is 25.7 Å². The van der Waals surface area contributed by atoms with Crippen LogP contribution in [0.2, 0.25) is 0 Å². The van der Waals surface area contributed by atoms with Crippen LogP contribution in [-0.2, 0) is 4.84 Å².